The minimum absolute atomic E-state index is 0.0866. The highest BCUT2D eigenvalue weighted by Crippen LogP contribution is 2.13. The predicted octanol–water partition coefficient (Wildman–Crippen LogP) is 2.96. The zero-order valence-corrected chi connectivity index (χ0v) is 16.9. The first kappa shape index (κ1) is 21.3. The Morgan fingerprint density at radius 3 is 2.41 bits per heavy atom. The number of carbonyl (C=O) groups is 1. The van der Waals surface area contributed by atoms with E-state index < -0.39 is 11.0 Å². The molecule has 0 radical (unpaired) electrons. The lowest BCUT2D eigenvalue weighted by Gasteiger charge is -2.23. The van der Waals surface area contributed by atoms with Crippen molar-refractivity contribution in [3.63, 3.8) is 0 Å². The third kappa shape index (κ3) is 6.90. The number of benzene rings is 2. The molecule has 0 aliphatic heterocycles. The van der Waals surface area contributed by atoms with E-state index in [0.29, 0.717) is 24.5 Å². The van der Waals surface area contributed by atoms with Crippen LogP contribution in [0.2, 0.25) is 0 Å². The minimum atomic E-state index is -1.39. The van der Waals surface area contributed by atoms with E-state index in [-0.39, 0.29) is 17.9 Å². The molecule has 0 aliphatic carbocycles. The van der Waals surface area contributed by atoms with Crippen LogP contribution >= 0.6 is 0 Å². The number of hydrogen-bond donors (Lipinski definition) is 2. The second-order valence-electron chi connectivity index (χ2n) is 6.54. The fraction of sp³-hybridized carbons (Fsp3) is 0.381. The maximum atomic E-state index is 12.7. The Balaban J connectivity index is 1.94. The summed E-state index contributed by atoms with van der Waals surface area (Å²) in [5, 5.41) is 2.66. The monoisotopic (exact) mass is 388 g/mol. The molecule has 2 aromatic rings. The van der Waals surface area contributed by atoms with Crippen molar-refractivity contribution in [1.82, 2.24) is 10.0 Å². The maximum absolute atomic E-state index is 12.7. The summed E-state index contributed by atoms with van der Waals surface area (Å²) in [6, 6.07) is 17.2. The van der Waals surface area contributed by atoms with Crippen molar-refractivity contribution in [3.8, 4) is 0 Å². The Kier molecular flexibility index (Phi) is 8.64. The normalized spacial score (nSPS) is 14.3. The summed E-state index contributed by atoms with van der Waals surface area (Å²) < 4.78 is 21.5. The first-order chi connectivity index (χ1) is 13.0. The van der Waals surface area contributed by atoms with Crippen LogP contribution in [0.5, 0.6) is 0 Å². The van der Waals surface area contributed by atoms with Crippen LogP contribution in [0.1, 0.15) is 24.5 Å². The van der Waals surface area contributed by atoms with E-state index >= 15 is 0 Å². The van der Waals surface area contributed by atoms with Crippen LogP contribution in [0.15, 0.2) is 59.5 Å². The Hall–Kier alpha value is -2.02. The van der Waals surface area contributed by atoms with E-state index in [4.69, 9.17) is 4.74 Å². The molecule has 2 aromatic carbocycles. The molecule has 0 bridgehead atoms. The zero-order valence-electron chi connectivity index (χ0n) is 16.1. The Morgan fingerprint density at radius 1 is 1.11 bits per heavy atom. The SMILES string of the molecule is CNC(=O)[C@@H](C)[C@H](CCOCc1ccccc1)N[S@@](=O)c1ccc(C)cc1. The summed E-state index contributed by atoms with van der Waals surface area (Å²) in [5.74, 6) is -0.416. The highest BCUT2D eigenvalue weighted by molar-refractivity contribution is 7.83. The van der Waals surface area contributed by atoms with Gasteiger partial charge in [0.15, 0.2) is 0 Å². The molecular weight excluding hydrogens is 360 g/mol. The molecule has 0 unspecified atom stereocenters. The average molecular weight is 389 g/mol. The first-order valence-electron chi connectivity index (χ1n) is 9.09. The maximum Gasteiger partial charge on any atom is 0.224 e. The lowest BCUT2D eigenvalue weighted by molar-refractivity contribution is -0.124. The summed E-state index contributed by atoms with van der Waals surface area (Å²) in [7, 11) is 0.222. The van der Waals surface area contributed by atoms with Crippen LogP contribution < -0.4 is 10.0 Å². The van der Waals surface area contributed by atoms with Gasteiger partial charge >= 0.3 is 0 Å². The summed E-state index contributed by atoms with van der Waals surface area (Å²) in [6.07, 6.45) is 0.582. The Morgan fingerprint density at radius 2 is 1.78 bits per heavy atom. The molecule has 0 fully saturated rings. The molecule has 0 aromatic heterocycles. The molecule has 3 atom stereocenters. The van der Waals surface area contributed by atoms with Gasteiger partial charge in [0.25, 0.3) is 0 Å². The second-order valence-corrected chi connectivity index (χ2v) is 7.78. The third-order valence-corrected chi connectivity index (χ3v) is 5.66. The fourth-order valence-electron chi connectivity index (χ4n) is 2.66. The number of aryl methyl sites for hydroxylation is 1. The Bertz CT molecular complexity index is 735. The highest BCUT2D eigenvalue weighted by Gasteiger charge is 2.25. The van der Waals surface area contributed by atoms with Crippen LogP contribution in [-0.2, 0) is 27.1 Å². The predicted molar refractivity (Wildman–Crippen MR) is 108 cm³/mol. The van der Waals surface area contributed by atoms with Gasteiger partial charge < -0.3 is 10.1 Å². The van der Waals surface area contributed by atoms with Crippen LogP contribution in [0.3, 0.4) is 0 Å². The number of hydrogen-bond acceptors (Lipinski definition) is 3. The van der Waals surface area contributed by atoms with Crippen LogP contribution in [0.25, 0.3) is 0 Å². The van der Waals surface area contributed by atoms with Crippen molar-refractivity contribution in [2.24, 2.45) is 5.92 Å². The third-order valence-electron chi connectivity index (χ3n) is 4.44. The molecule has 0 saturated heterocycles. The number of rotatable bonds is 10. The summed E-state index contributed by atoms with van der Waals surface area (Å²) in [5.41, 5.74) is 2.21. The molecule has 2 N–H and O–H groups in total. The van der Waals surface area contributed by atoms with Crippen molar-refractivity contribution < 1.29 is 13.7 Å². The van der Waals surface area contributed by atoms with Gasteiger partial charge in [-0.25, -0.2) is 8.93 Å². The van der Waals surface area contributed by atoms with Crippen molar-refractivity contribution in [3.05, 3.63) is 65.7 Å². The van der Waals surface area contributed by atoms with Gasteiger partial charge in [0.1, 0.15) is 11.0 Å². The number of amides is 1. The first-order valence-corrected chi connectivity index (χ1v) is 10.2. The molecule has 0 saturated carbocycles. The highest BCUT2D eigenvalue weighted by atomic mass is 32.2. The molecule has 0 spiro atoms. The lowest BCUT2D eigenvalue weighted by Crippen LogP contribution is -2.43. The average Bonchev–Trinajstić information content (AvgIpc) is 2.70. The molecule has 6 heteroatoms. The van der Waals surface area contributed by atoms with Crippen LogP contribution in [-0.4, -0.2) is 29.8 Å². The largest absolute Gasteiger partial charge is 0.377 e. The van der Waals surface area contributed by atoms with Gasteiger partial charge in [-0.1, -0.05) is 55.0 Å². The van der Waals surface area contributed by atoms with Gasteiger partial charge in [0, 0.05) is 19.7 Å². The van der Waals surface area contributed by atoms with Gasteiger partial charge in [-0.05, 0) is 31.0 Å². The van der Waals surface area contributed by atoms with Crippen molar-refractivity contribution in [2.75, 3.05) is 13.7 Å². The van der Waals surface area contributed by atoms with Crippen molar-refractivity contribution >= 4 is 16.9 Å². The van der Waals surface area contributed by atoms with E-state index in [1.54, 1.807) is 7.05 Å². The summed E-state index contributed by atoms with van der Waals surface area (Å²) in [4.78, 5) is 12.8. The number of ether oxygens (including phenoxy) is 1. The van der Waals surface area contributed by atoms with Gasteiger partial charge in [-0.3, -0.25) is 4.79 Å². The van der Waals surface area contributed by atoms with Gasteiger partial charge in [-0.15, -0.1) is 0 Å². The van der Waals surface area contributed by atoms with Gasteiger partial charge in [0.05, 0.1) is 17.4 Å². The van der Waals surface area contributed by atoms with E-state index in [0.717, 1.165) is 11.1 Å². The molecule has 5 nitrogen and oxygen atoms in total. The molecule has 1 amide bonds. The van der Waals surface area contributed by atoms with Crippen molar-refractivity contribution in [2.45, 2.75) is 37.8 Å². The fourth-order valence-corrected chi connectivity index (χ4v) is 3.78. The Labute approximate surface area is 164 Å². The molecule has 0 heterocycles. The van der Waals surface area contributed by atoms with E-state index in [1.807, 2.05) is 68.4 Å². The standard InChI is InChI=1S/C21H28N2O3S/c1-16-9-11-19(12-10-16)27(25)23-20(17(2)21(24)22-3)13-14-26-15-18-7-5-4-6-8-18/h4-12,17,20,23H,13-15H2,1-3H3,(H,22,24)/t17-,20-,27-/m0/s1. The molecule has 0 aliphatic rings. The van der Waals surface area contributed by atoms with Crippen LogP contribution in [0.4, 0.5) is 0 Å². The molecule has 2 rings (SSSR count). The topological polar surface area (TPSA) is 67.4 Å². The number of nitrogens with one attached hydrogen (secondary N) is 2. The van der Waals surface area contributed by atoms with E-state index in [2.05, 4.69) is 10.0 Å². The van der Waals surface area contributed by atoms with E-state index in [9.17, 15) is 9.00 Å². The smallest absolute Gasteiger partial charge is 0.224 e. The minimum Gasteiger partial charge on any atom is -0.377 e. The van der Waals surface area contributed by atoms with Gasteiger partial charge in [0.2, 0.25) is 5.91 Å². The summed E-state index contributed by atoms with van der Waals surface area (Å²) in [6.45, 7) is 4.81. The molecule has 146 valence electrons. The molecular formula is C21H28N2O3S. The summed E-state index contributed by atoms with van der Waals surface area (Å²) >= 11 is 0. The van der Waals surface area contributed by atoms with Gasteiger partial charge in [-0.2, -0.15) is 0 Å². The zero-order chi connectivity index (χ0) is 19.6. The van der Waals surface area contributed by atoms with E-state index in [1.165, 1.54) is 0 Å². The van der Waals surface area contributed by atoms with Crippen molar-refractivity contribution in [1.29, 1.82) is 0 Å². The lowest BCUT2D eigenvalue weighted by atomic mass is 9.99. The second kappa shape index (κ2) is 11.0. The molecule has 27 heavy (non-hydrogen) atoms. The van der Waals surface area contributed by atoms with Crippen LogP contribution in [0, 0.1) is 12.8 Å². The quantitative estimate of drug-likeness (QED) is 0.615. The number of carbonyl (C=O) groups excluding carboxylic acids is 1.